The van der Waals surface area contributed by atoms with Gasteiger partial charge in [0.15, 0.2) is 5.69 Å². The molecular formula is C15H18N2O3. The number of aromatic nitrogens is 2. The number of para-hydroxylation sites is 1. The van der Waals surface area contributed by atoms with E-state index in [9.17, 15) is 4.79 Å². The van der Waals surface area contributed by atoms with Crippen LogP contribution < -0.4 is 4.74 Å². The number of hydrogen-bond donors (Lipinski definition) is 1. The number of rotatable bonds is 6. The summed E-state index contributed by atoms with van der Waals surface area (Å²) >= 11 is 0. The van der Waals surface area contributed by atoms with E-state index in [-0.39, 0.29) is 5.69 Å². The molecule has 0 saturated heterocycles. The van der Waals surface area contributed by atoms with Crippen molar-refractivity contribution in [1.29, 1.82) is 0 Å². The molecule has 1 aromatic carbocycles. The molecule has 0 spiro atoms. The van der Waals surface area contributed by atoms with Crippen LogP contribution in [0.3, 0.4) is 0 Å². The Kier molecular flexibility index (Phi) is 4.40. The zero-order chi connectivity index (χ0) is 14.5. The fourth-order valence-corrected chi connectivity index (χ4v) is 1.72. The van der Waals surface area contributed by atoms with Gasteiger partial charge in [-0.15, -0.1) is 0 Å². The smallest absolute Gasteiger partial charge is 0.356 e. The number of hydrogen-bond acceptors (Lipinski definition) is 3. The minimum absolute atomic E-state index is 0.0200. The minimum Gasteiger partial charge on any atom is -0.478 e. The monoisotopic (exact) mass is 274 g/mol. The van der Waals surface area contributed by atoms with E-state index in [1.165, 1.54) is 10.7 Å². The second-order valence-corrected chi connectivity index (χ2v) is 4.95. The molecule has 2 aromatic rings. The van der Waals surface area contributed by atoms with Gasteiger partial charge in [-0.25, -0.2) is 9.48 Å². The third kappa shape index (κ3) is 3.38. The first kappa shape index (κ1) is 14.1. The molecule has 0 aliphatic rings. The molecule has 1 aromatic heterocycles. The number of carboxylic acids is 1. The number of benzene rings is 1. The minimum atomic E-state index is -1.06. The molecule has 0 atom stereocenters. The topological polar surface area (TPSA) is 64.3 Å². The number of carbonyl (C=O) groups is 1. The van der Waals surface area contributed by atoms with Gasteiger partial charge in [-0.05, 0) is 24.5 Å². The van der Waals surface area contributed by atoms with Gasteiger partial charge in [0.2, 0.25) is 5.88 Å². The molecule has 1 heterocycles. The highest BCUT2D eigenvalue weighted by atomic mass is 16.5. The van der Waals surface area contributed by atoms with Crippen LogP contribution in [0.4, 0.5) is 0 Å². The molecular weight excluding hydrogens is 256 g/mol. The van der Waals surface area contributed by atoms with Crippen LogP contribution in [-0.4, -0.2) is 27.5 Å². The Balaban J connectivity index is 2.27. The average molecular weight is 274 g/mol. The van der Waals surface area contributed by atoms with E-state index in [4.69, 9.17) is 9.84 Å². The van der Waals surface area contributed by atoms with E-state index < -0.39 is 5.97 Å². The van der Waals surface area contributed by atoms with Gasteiger partial charge in [0.1, 0.15) is 0 Å². The van der Waals surface area contributed by atoms with Crippen LogP contribution in [0.1, 0.15) is 30.8 Å². The van der Waals surface area contributed by atoms with Gasteiger partial charge in [0.05, 0.1) is 12.3 Å². The van der Waals surface area contributed by atoms with Crippen LogP contribution >= 0.6 is 0 Å². The van der Waals surface area contributed by atoms with Crippen LogP contribution in [0, 0.1) is 5.92 Å². The Morgan fingerprint density at radius 3 is 2.65 bits per heavy atom. The summed E-state index contributed by atoms with van der Waals surface area (Å²) in [4.78, 5) is 11.0. The van der Waals surface area contributed by atoms with E-state index in [1.807, 2.05) is 30.3 Å². The maximum atomic E-state index is 11.0. The molecule has 0 radical (unpaired) electrons. The number of ether oxygens (including phenoxy) is 1. The Hall–Kier alpha value is -2.30. The lowest BCUT2D eigenvalue weighted by atomic mass is 10.1. The summed E-state index contributed by atoms with van der Waals surface area (Å²) in [7, 11) is 0. The largest absolute Gasteiger partial charge is 0.478 e. The second kappa shape index (κ2) is 6.23. The molecule has 0 aliphatic heterocycles. The van der Waals surface area contributed by atoms with E-state index in [2.05, 4.69) is 18.9 Å². The number of nitrogens with zero attached hydrogens (tertiary/aromatic N) is 2. The summed E-state index contributed by atoms with van der Waals surface area (Å²) in [6, 6.07) is 10.8. The highest BCUT2D eigenvalue weighted by Gasteiger charge is 2.15. The highest BCUT2D eigenvalue weighted by molar-refractivity contribution is 5.85. The van der Waals surface area contributed by atoms with E-state index in [0.29, 0.717) is 18.4 Å². The first-order valence-electron chi connectivity index (χ1n) is 6.59. The van der Waals surface area contributed by atoms with Crippen molar-refractivity contribution in [1.82, 2.24) is 9.78 Å². The van der Waals surface area contributed by atoms with Gasteiger partial charge in [-0.1, -0.05) is 32.0 Å². The van der Waals surface area contributed by atoms with Crippen molar-refractivity contribution in [2.75, 3.05) is 6.61 Å². The number of carboxylic acid groups (broad SMARTS) is 1. The summed E-state index contributed by atoms with van der Waals surface area (Å²) in [5.41, 5.74) is 0.757. The molecule has 1 N–H and O–H groups in total. The Labute approximate surface area is 117 Å². The Morgan fingerprint density at radius 2 is 2.05 bits per heavy atom. The zero-order valence-electron chi connectivity index (χ0n) is 11.6. The lowest BCUT2D eigenvalue weighted by molar-refractivity contribution is 0.0690. The fraction of sp³-hybridized carbons (Fsp3) is 0.333. The predicted octanol–water partition coefficient (Wildman–Crippen LogP) is 3.00. The van der Waals surface area contributed by atoms with Crippen molar-refractivity contribution >= 4 is 5.97 Å². The summed E-state index contributed by atoms with van der Waals surface area (Å²) in [5, 5.41) is 13.1. The third-order valence-corrected chi connectivity index (χ3v) is 2.84. The van der Waals surface area contributed by atoms with Crippen LogP contribution in [0.5, 0.6) is 5.88 Å². The van der Waals surface area contributed by atoms with E-state index in [0.717, 1.165) is 12.1 Å². The first-order chi connectivity index (χ1) is 9.58. The molecule has 5 nitrogen and oxygen atoms in total. The molecule has 5 heteroatoms. The molecule has 0 unspecified atom stereocenters. The molecule has 0 aliphatic carbocycles. The summed E-state index contributed by atoms with van der Waals surface area (Å²) in [5.74, 6) is -0.0790. The summed E-state index contributed by atoms with van der Waals surface area (Å²) in [6.07, 6.45) is 0.905. The number of aromatic carboxylic acids is 1. The van der Waals surface area contributed by atoms with Crippen molar-refractivity contribution in [3.05, 3.63) is 42.1 Å². The quantitative estimate of drug-likeness (QED) is 0.879. The molecule has 106 valence electrons. The molecule has 2 rings (SSSR count). The lowest BCUT2D eigenvalue weighted by Crippen LogP contribution is -2.06. The molecule has 0 bridgehead atoms. The van der Waals surface area contributed by atoms with Gasteiger partial charge < -0.3 is 9.84 Å². The normalized spacial score (nSPS) is 10.8. The Bertz CT molecular complexity index is 576. The maximum Gasteiger partial charge on any atom is 0.356 e. The average Bonchev–Trinajstić information content (AvgIpc) is 2.84. The van der Waals surface area contributed by atoms with Crippen LogP contribution in [-0.2, 0) is 0 Å². The summed E-state index contributed by atoms with van der Waals surface area (Å²) < 4.78 is 7.19. The fourth-order valence-electron chi connectivity index (χ4n) is 1.72. The van der Waals surface area contributed by atoms with Gasteiger partial charge in [0, 0.05) is 6.07 Å². The maximum absolute atomic E-state index is 11.0. The van der Waals surface area contributed by atoms with Gasteiger partial charge in [-0.3, -0.25) is 0 Å². The van der Waals surface area contributed by atoms with Gasteiger partial charge in [0.25, 0.3) is 0 Å². The first-order valence-corrected chi connectivity index (χ1v) is 6.59. The molecule has 0 fully saturated rings. The second-order valence-electron chi connectivity index (χ2n) is 4.95. The molecule has 0 amide bonds. The third-order valence-electron chi connectivity index (χ3n) is 2.84. The standard InChI is InChI=1S/C15H18N2O3/c1-11(2)8-9-20-14-10-13(15(18)19)16-17(14)12-6-4-3-5-7-12/h3-7,10-11H,8-9H2,1-2H3,(H,18,19). The van der Waals surface area contributed by atoms with Crippen LogP contribution in [0.2, 0.25) is 0 Å². The SMILES string of the molecule is CC(C)CCOc1cc(C(=O)O)nn1-c1ccccc1. The van der Waals surface area contributed by atoms with Crippen molar-refractivity contribution in [3.8, 4) is 11.6 Å². The molecule has 20 heavy (non-hydrogen) atoms. The van der Waals surface area contributed by atoms with Crippen molar-refractivity contribution in [2.24, 2.45) is 5.92 Å². The van der Waals surface area contributed by atoms with Gasteiger partial charge in [-0.2, -0.15) is 5.10 Å². The van der Waals surface area contributed by atoms with Crippen LogP contribution in [0.25, 0.3) is 5.69 Å². The summed E-state index contributed by atoms with van der Waals surface area (Å²) in [6.45, 7) is 4.76. The highest BCUT2D eigenvalue weighted by Crippen LogP contribution is 2.20. The zero-order valence-corrected chi connectivity index (χ0v) is 11.6. The van der Waals surface area contributed by atoms with Crippen molar-refractivity contribution in [3.63, 3.8) is 0 Å². The van der Waals surface area contributed by atoms with Crippen molar-refractivity contribution in [2.45, 2.75) is 20.3 Å². The lowest BCUT2D eigenvalue weighted by Gasteiger charge is -2.10. The molecule has 0 saturated carbocycles. The van der Waals surface area contributed by atoms with Crippen LogP contribution in [0.15, 0.2) is 36.4 Å². The van der Waals surface area contributed by atoms with E-state index >= 15 is 0 Å². The van der Waals surface area contributed by atoms with Gasteiger partial charge >= 0.3 is 5.97 Å². The van der Waals surface area contributed by atoms with Crippen molar-refractivity contribution < 1.29 is 14.6 Å². The van der Waals surface area contributed by atoms with E-state index in [1.54, 1.807) is 0 Å². The predicted molar refractivity (Wildman–Crippen MR) is 75.5 cm³/mol. The Morgan fingerprint density at radius 1 is 1.35 bits per heavy atom.